The van der Waals surface area contributed by atoms with Crippen molar-refractivity contribution in [1.29, 1.82) is 0 Å². The molecule has 4 rings (SSSR count). The summed E-state index contributed by atoms with van der Waals surface area (Å²) >= 11 is 6.07. The van der Waals surface area contributed by atoms with Gasteiger partial charge in [-0.2, -0.15) is 0 Å². The van der Waals surface area contributed by atoms with Crippen molar-refractivity contribution in [2.24, 2.45) is 5.41 Å². The van der Waals surface area contributed by atoms with Crippen LogP contribution in [0.2, 0.25) is 5.02 Å². The minimum Gasteiger partial charge on any atom is -0.506 e. The van der Waals surface area contributed by atoms with Crippen LogP contribution in [0.4, 0.5) is 10.5 Å². The minimum atomic E-state index is -1.32. The van der Waals surface area contributed by atoms with Crippen LogP contribution in [0.3, 0.4) is 0 Å². The van der Waals surface area contributed by atoms with Gasteiger partial charge >= 0.3 is 12.0 Å². The van der Waals surface area contributed by atoms with Crippen molar-refractivity contribution in [3.8, 4) is 5.75 Å². The fraction of sp³-hybridized carbons (Fsp3) is 0.444. The van der Waals surface area contributed by atoms with Gasteiger partial charge in [0.25, 0.3) is 0 Å². The number of likely N-dealkylation sites (tertiary alicyclic amines) is 1. The van der Waals surface area contributed by atoms with Crippen LogP contribution in [-0.4, -0.2) is 63.6 Å². The zero-order valence-corrected chi connectivity index (χ0v) is 21.3. The third kappa shape index (κ3) is 5.43. The summed E-state index contributed by atoms with van der Waals surface area (Å²) in [6, 6.07) is 10.9. The van der Waals surface area contributed by atoms with Crippen LogP contribution in [0, 0.1) is 12.3 Å². The number of fused-ring (bicyclic) bond motifs is 1. The number of carbonyl (C=O) groups excluding carboxylic acids is 2. The summed E-state index contributed by atoms with van der Waals surface area (Å²) in [6.07, 6.45) is 2.02. The first-order valence-electron chi connectivity index (χ1n) is 12.2. The monoisotopic (exact) mass is 513 g/mol. The number of aromatic hydroxyl groups is 1. The standard InChI is InChI=1S/C27H32ClN3O5/c1-17-13-18(14-21(28)24(17)33)15-27(2,25(34)35)16-23(32)30-10-8-20(9-11-30)31-12-7-19-5-3-4-6-22(19)29-26(31)36/h3-6,13-14,20,33H,7-12,15-16H2,1-2H3,(H,29,36)(H,34,35)/t27-/m0/s1. The van der Waals surface area contributed by atoms with Crippen molar-refractivity contribution in [2.75, 3.05) is 25.0 Å². The van der Waals surface area contributed by atoms with E-state index in [1.165, 1.54) is 0 Å². The summed E-state index contributed by atoms with van der Waals surface area (Å²) in [5, 5.41) is 23.0. The summed E-state index contributed by atoms with van der Waals surface area (Å²) in [6.45, 7) is 4.82. The molecule has 2 aliphatic heterocycles. The van der Waals surface area contributed by atoms with Crippen molar-refractivity contribution >= 4 is 35.2 Å². The molecule has 1 atom stereocenters. The molecular weight excluding hydrogens is 482 g/mol. The van der Waals surface area contributed by atoms with Crippen molar-refractivity contribution in [3.63, 3.8) is 0 Å². The quantitative estimate of drug-likeness (QED) is 0.528. The molecule has 1 saturated heterocycles. The summed E-state index contributed by atoms with van der Waals surface area (Å²) in [5.74, 6) is -1.31. The average Bonchev–Trinajstić information content (AvgIpc) is 3.00. The Labute approximate surface area is 215 Å². The Hall–Kier alpha value is -3.26. The third-order valence-corrected chi connectivity index (χ3v) is 7.65. The third-order valence-electron chi connectivity index (χ3n) is 7.37. The van der Waals surface area contributed by atoms with E-state index < -0.39 is 11.4 Å². The summed E-state index contributed by atoms with van der Waals surface area (Å²) in [5.41, 5.74) is 1.84. The van der Waals surface area contributed by atoms with Crippen LogP contribution in [-0.2, 0) is 22.4 Å². The molecule has 0 aliphatic carbocycles. The lowest BCUT2D eigenvalue weighted by atomic mass is 9.79. The number of hydrogen-bond acceptors (Lipinski definition) is 4. The van der Waals surface area contributed by atoms with E-state index in [1.807, 2.05) is 29.2 Å². The largest absolute Gasteiger partial charge is 0.506 e. The highest BCUT2D eigenvalue weighted by Gasteiger charge is 2.39. The Morgan fingerprint density at radius 3 is 2.53 bits per heavy atom. The number of carboxylic acid groups (broad SMARTS) is 1. The van der Waals surface area contributed by atoms with E-state index in [0.29, 0.717) is 43.6 Å². The highest BCUT2D eigenvalue weighted by molar-refractivity contribution is 6.32. The van der Waals surface area contributed by atoms with Gasteiger partial charge in [-0.05, 0) is 68.4 Å². The number of rotatable bonds is 6. The first-order valence-corrected chi connectivity index (χ1v) is 12.6. The van der Waals surface area contributed by atoms with Gasteiger partial charge < -0.3 is 25.3 Å². The van der Waals surface area contributed by atoms with Crippen molar-refractivity contribution in [1.82, 2.24) is 9.80 Å². The number of aliphatic carboxylic acids is 1. The second-order valence-electron chi connectivity index (χ2n) is 10.1. The van der Waals surface area contributed by atoms with Gasteiger partial charge in [-0.1, -0.05) is 35.9 Å². The molecule has 3 N–H and O–H groups in total. The van der Waals surface area contributed by atoms with Crippen molar-refractivity contribution < 1.29 is 24.6 Å². The lowest BCUT2D eigenvalue weighted by Crippen LogP contribution is -2.50. The van der Waals surface area contributed by atoms with Crippen LogP contribution in [0.1, 0.15) is 42.9 Å². The topological polar surface area (TPSA) is 110 Å². The number of benzene rings is 2. The lowest BCUT2D eigenvalue weighted by molar-refractivity contribution is -0.153. The first-order chi connectivity index (χ1) is 17.1. The number of nitrogens with one attached hydrogen (secondary N) is 1. The number of phenols is 1. The summed E-state index contributed by atoms with van der Waals surface area (Å²) in [4.78, 5) is 41.8. The molecule has 0 bridgehead atoms. The van der Waals surface area contributed by atoms with Gasteiger partial charge in [0.2, 0.25) is 5.91 Å². The van der Waals surface area contributed by atoms with Gasteiger partial charge in [0.15, 0.2) is 0 Å². The SMILES string of the molecule is Cc1cc(C[C@@](C)(CC(=O)N2CCC(N3CCc4ccccc4NC3=O)CC2)C(=O)O)cc(Cl)c1O. The van der Waals surface area contributed by atoms with E-state index >= 15 is 0 Å². The molecule has 1 fully saturated rings. The molecular formula is C27H32ClN3O5. The molecule has 0 saturated carbocycles. The molecule has 0 radical (unpaired) electrons. The molecule has 2 aromatic rings. The fourth-order valence-corrected chi connectivity index (χ4v) is 5.47. The number of urea groups is 1. The number of carboxylic acids is 1. The fourth-order valence-electron chi connectivity index (χ4n) is 5.18. The number of carbonyl (C=O) groups is 3. The van der Waals surface area contributed by atoms with Gasteiger partial charge in [0.1, 0.15) is 5.75 Å². The number of para-hydroxylation sites is 1. The molecule has 8 nitrogen and oxygen atoms in total. The molecule has 3 amide bonds. The van der Waals surface area contributed by atoms with Crippen LogP contribution >= 0.6 is 11.6 Å². The molecule has 0 aromatic heterocycles. The van der Waals surface area contributed by atoms with Gasteiger partial charge in [0.05, 0.1) is 10.4 Å². The van der Waals surface area contributed by atoms with Crippen molar-refractivity contribution in [2.45, 2.75) is 52.0 Å². The van der Waals surface area contributed by atoms with E-state index in [9.17, 15) is 24.6 Å². The Morgan fingerprint density at radius 2 is 1.86 bits per heavy atom. The summed E-state index contributed by atoms with van der Waals surface area (Å²) < 4.78 is 0. The molecule has 2 aliphatic rings. The molecule has 36 heavy (non-hydrogen) atoms. The molecule has 2 heterocycles. The Bertz CT molecular complexity index is 1150. The predicted molar refractivity (Wildman–Crippen MR) is 137 cm³/mol. The van der Waals surface area contributed by atoms with E-state index in [-0.39, 0.29) is 41.6 Å². The zero-order valence-electron chi connectivity index (χ0n) is 20.6. The van der Waals surface area contributed by atoms with E-state index in [4.69, 9.17) is 11.6 Å². The van der Waals surface area contributed by atoms with Crippen LogP contribution in [0.15, 0.2) is 36.4 Å². The maximum absolute atomic E-state index is 13.2. The van der Waals surface area contributed by atoms with Crippen LogP contribution in [0.25, 0.3) is 0 Å². The van der Waals surface area contributed by atoms with Crippen LogP contribution in [0.5, 0.6) is 5.75 Å². The Balaban J connectivity index is 1.37. The van der Waals surface area contributed by atoms with Crippen molar-refractivity contribution in [3.05, 3.63) is 58.1 Å². The number of nitrogens with zero attached hydrogens (tertiary/aromatic N) is 2. The molecule has 0 unspecified atom stereocenters. The lowest BCUT2D eigenvalue weighted by Gasteiger charge is -2.39. The van der Waals surface area contributed by atoms with E-state index in [1.54, 1.807) is 30.9 Å². The number of halogens is 1. The minimum absolute atomic E-state index is 0.0244. The highest BCUT2D eigenvalue weighted by Crippen LogP contribution is 2.34. The molecule has 9 heteroatoms. The summed E-state index contributed by atoms with van der Waals surface area (Å²) in [7, 11) is 0. The molecule has 192 valence electrons. The number of phenolic OH excluding ortho intramolecular Hbond substituents is 1. The number of amides is 3. The van der Waals surface area contributed by atoms with Gasteiger partial charge in [-0.15, -0.1) is 0 Å². The Kier molecular flexibility index (Phi) is 7.45. The maximum Gasteiger partial charge on any atom is 0.322 e. The van der Waals surface area contributed by atoms with Gasteiger partial charge in [-0.3, -0.25) is 9.59 Å². The van der Waals surface area contributed by atoms with E-state index in [2.05, 4.69) is 5.32 Å². The van der Waals surface area contributed by atoms with Crippen LogP contribution < -0.4 is 5.32 Å². The first kappa shape index (κ1) is 25.8. The maximum atomic E-state index is 13.2. The number of anilines is 1. The number of hydrogen-bond donors (Lipinski definition) is 3. The molecule has 2 aromatic carbocycles. The smallest absolute Gasteiger partial charge is 0.322 e. The highest BCUT2D eigenvalue weighted by atomic mass is 35.5. The normalized spacial score (nSPS) is 18.1. The second-order valence-corrected chi connectivity index (χ2v) is 10.5. The predicted octanol–water partition coefficient (Wildman–Crippen LogP) is 4.46. The van der Waals surface area contributed by atoms with Gasteiger partial charge in [-0.25, -0.2) is 4.79 Å². The average molecular weight is 514 g/mol. The van der Waals surface area contributed by atoms with E-state index in [0.717, 1.165) is 17.7 Å². The Morgan fingerprint density at radius 1 is 1.17 bits per heavy atom. The second kappa shape index (κ2) is 10.4. The molecule has 0 spiro atoms. The zero-order chi connectivity index (χ0) is 26.0. The number of piperidine rings is 1. The van der Waals surface area contributed by atoms with Gasteiger partial charge in [0, 0.05) is 37.8 Å². The number of aryl methyl sites for hydroxylation is 1.